The largest absolute Gasteiger partial charge is 0.497 e. The second-order valence-electron chi connectivity index (χ2n) is 11.7. The van der Waals surface area contributed by atoms with Crippen LogP contribution in [0.4, 0.5) is 0 Å². The van der Waals surface area contributed by atoms with Crippen molar-refractivity contribution in [3.8, 4) is 22.6 Å². The molecule has 2 nitrogen and oxygen atoms in total. The van der Waals surface area contributed by atoms with Gasteiger partial charge in [-0.15, -0.1) is 0 Å². The van der Waals surface area contributed by atoms with Gasteiger partial charge in [0.25, 0.3) is 0 Å². The molecule has 198 valence electrons. The van der Waals surface area contributed by atoms with E-state index in [1.165, 1.54) is 38.4 Å². The standard InChI is InChI=1S/C39H30O2/c1-38(2)34-16-10-9-15-31(34)35-30-20-19-29(40-3)24-33(30)37-32(36(35)38)21-22-39(41-37,27-13-5-4-6-14-27)28-18-17-25-11-7-8-12-26(25)23-28/h4-24H,1-3H3. The molecule has 0 saturated heterocycles. The van der Waals surface area contributed by atoms with E-state index in [-0.39, 0.29) is 5.41 Å². The topological polar surface area (TPSA) is 18.5 Å². The lowest BCUT2D eigenvalue weighted by Crippen LogP contribution is -2.35. The summed E-state index contributed by atoms with van der Waals surface area (Å²) in [4.78, 5) is 0. The van der Waals surface area contributed by atoms with Crippen molar-refractivity contribution < 1.29 is 9.47 Å². The third-order valence-electron chi connectivity index (χ3n) is 9.13. The molecule has 0 N–H and O–H groups in total. The number of rotatable bonds is 3. The first-order valence-corrected chi connectivity index (χ1v) is 14.2. The highest BCUT2D eigenvalue weighted by molar-refractivity contribution is 6.09. The first-order chi connectivity index (χ1) is 20.0. The molecule has 0 fully saturated rings. The lowest BCUT2D eigenvalue weighted by molar-refractivity contribution is 0.163. The highest BCUT2D eigenvalue weighted by Gasteiger charge is 2.44. The van der Waals surface area contributed by atoms with Crippen molar-refractivity contribution in [2.24, 2.45) is 0 Å². The molecule has 1 unspecified atom stereocenters. The average molecular weight is 531 g/mol. The van der Waals surface area contributed by atoms with Gasteiger partial charge in [-0.1, -0.05) is 111 Å². The van der Waals surface area contributed by atoms with Gasteiger partial charge >= 0.3 is 0 Å². The molecule has 0 saturated carbocycles. The summed E-state index contributed by atoms with van der Waals surface area (Å²) in [6, 6.07) is 41.0. The summed E-state index contributed by atoms with van der Waals surface area (Å²) in [6.45, 7) is 4.67. The maximum absolute atomic E-state index is 7.43. The molecule has 6 aromatic carbocycles. The molecule has 41 heavy (non-hydrogen) atoms. The van der Waals surface area contributed by atoms with Crippen LogP contribution >= 0.6 is 0 Å². The zero-order chi connectivity index (χ0) is 27.8. The van der Waals surface area contributed by atoms with Gasteiger partial charge in [-0.3, -0.25) is 0 Å². The number of hydrogen-bond acceptors (Lipinski definition) is 2. The fourth-order valence-electron chi connectivity index (χ4n) is 7.14. The van der Waals surface area contributed by atoms with E-state index in [1.54, 1.807) is 7.11 Å². The molecular formula is C39H30O2. The monoisotopic (exact) mass is 530 g/mol. The molecule has 0 aromatic heterocycles. The average Bonchev–Trinajstić information content (AvgIpc) is 3.27. The van der Waals surface area contributed by atoms with Crippen LogP contribution in [0.1, 0.15) is 41.7 Å². The third-order valence-corrected chi connectivity index (χ3v) is 9.13. The van der Waals surface area contributed by atoms with Gasteiger partial charge in [0.05, 0.1) is 7.11 Å². The molecular weight excluding hydrogens is 500 g/mol. The number of fused-ring (bicyclic) bond motifs is 9. The number of ether oxygens (including phenoxy) is 2. The Balaban J connectivity index is 1.46. The van der Waals surface area contributed by atoms with E-state index in [2.05, 4.69) is 141 Å². The van der Waals surface area contributed by atoms with Crippen LogP contribution in [-0.2, 0) is 11.0 Å². The maximum Gasteiger partial charge on any atom is 0.178 e. The summed E-state index contributed by atoms with van der Waals surface area (Å²) in [6.07, 6.45) is 4.58. The van der Waals surface area contributed by atoms with Crippen molar-refractivity contribution in [2.45, 2.75) is 24.9 Å². The van der Waals surface area contributed by atoms with Crippen molar-refractivity contribution in [3.05, 3.63) is 149 Å². The van der Waals surface area contributed by atoms with Gasteiger partial charge in [-0.05, 0) is 68.8 Å². The van der Waals surface area contributed by atoms with Gasteiger partial charge in [0.15, 0.2) is 5.60 Å². The van der Waals surface area contributed by atoms with Crippen molar-refractivity contribution in [2.75, 3.05) is 7.11 Å². The van der Waals surface area contributed by atoms with Crippen LogP contribution in [0.25, 0.3) is 38.7 Å². The van der Waals surface area contributed by atoms with Crippen molar-refractivity contribution >= 4 is 27.6 Å². The third kappa shape index (κ3) is 3.31. The zero-order valence-corrected chi connectivity index (χ0v) is 23.4. The predicted octanol–water partition coefficient (Wildman–Crippen LogP) is 9.66. The summed E-state index contributed by atoms with van der Waals surface area (Å²) in [5.41, 5.74) is 7.65. The molecule has 2 aliphatic rings. The van der Waals surface area contributed by atoms with E-state index < -0.39 is 5.60 Å². The minimum atomic E-state index is -0.794. The summed E-state index contributed by atoms with van der Waals surface area (Å²) in [5, 5.41) is 4.66. The fourth-order valence-corrected chi connectivity index (χ4v) is 7.14. The van der Waals surface area contributed by atoms with Crippen LogP contribution in [-0.4, -0.2) is 7.11 Å². The quantitative estimate of drug-likeness (QED) is 0.227. The highest BCUT2D eigenvalue weighted by Crippen LogP contribution is 2.58. The van der Waals surface area contributed by atoms with Crippen LogP contribution in [0.15, 0.2) is 121 Å². The van der Waals surface area contributed by atoms with Gasteiger partial charge in [0, 0.05) is 27.5 Å². The summed E-state index contributed by atoms with van der Waals surface area (Å²) >= 11 is 0. The molecule has 6 aromatic rings. The normalized spacial score (nSPS) is 18.0. The maximum atomic E-state index is 7.43. The van der Waals surface area contributed by atoms with Crippen molar-refractivity contribution in [1.82, 2.24) is 0 Å². The van der Waals surface area contributed by atoms with Crippen LogP contribution in [0.3, 0.4) is 0 Å². The number of hydrogen-bond donors (Lipinski definition) is 0. The van der Waals surface area contributed by atoms with Crippen LogP contribution in [0, 0.1) is 0 Å². The van der Waals surface area contributed by atoms with E-state index in [9.17, 15) is 0 Å². The Hall–Kier alpha value is -4.82. The Morgan fingerprint density at radius 1 is 0.659 bits per heavy atom. The van der Waals surface area contributed by atoms with Crippen LogP contribution in [0.5, 0.6) is 11.5 Å². The molecule has 2 heteroatoms. The van der Waals surface area contributed by atoms with Gasteiger partial charge in [0.1, 0.15) is 11.5 Å². The van der Waals surface area contributed by atoms with Gasteiger partial charge in [-0.25, -0.2) is 0 Å². The van der Waals surface area contributed by atoms with Gasteiger partial charge in [-0.2, -0.15) is 0 Å². The van der Waals surface area contributed by atoms with Gasteiger partial charge < -0.3 is 9.47 Å². The van der Waals surface area contributed by atoms with Crippen molar-refractivity contribution in [3.63, 3.8) is 0 Å². The minimum absolute atomic E-state index is 0.173. The molecule has 1 atom stereocenters. The predicted molar refractivity (Wildman–Crippen MR) is 169 cm³/mol. The Bertz CT molecular complexity index is 2030. The minimum Gasteiger partial charge on any atom is -0.497 e. The SMILES string of the molecule is COc1ccc2c3c(c4c(c2c1)OC(c1ccccc1)(c1ccc2ccccc2c1)C=C4)C(C)(C)c1ccccc1-3. The Labute approximate surface area is 240 Å². The second kappa shape index (κ2) is 8.59. The summed E-state index contributed by atoms with van der Waals surface area (Å²) in [7, 11) is 1.73. The Kier molecular flexibility index (Phi) is 5.03. The summed E-state index contributed by atoms with van der Waals surface area (Å²) < 4.78 is 13.2. The van der Waals surface area contributed by atoms with E-state index >= 15 is 0 Å². The smallest absolute Gasteiger partial charge is 0.178 e. The fraction of sp³-hybridized carbons (Fsp3) is 0.128. The first-order valence-electron chi connectivity index (χ1n) is 14.2. The molecule has 1 aliphatic carbocycles. The lowest BCUT2D eigenvalue weighted by Gasteiger charge is -2.38. The molecule has 1 aliphatic heterocycles. The molecule has 0 spiro atoms. The Morgan fingerprint density at radius 3 is 2.24 bits per heavy atom. The number of methoxy groups -OCH3 is 1. The summed E-state index contributed by atoms with van der Waals surface area (Å²) in [5.74, 6) is 1.72. The lowest BCUT2D eigenvalue weighted by atomic mass is 9.76. The van der Waals surface area contributed by atoms with Gasteiger partial charge in [0.2, 0.25) is 0 Å². The molecule has 0 radical (unpaired) electrons. The molecule has 1 heterocycles. The van der Waals surface area contributed by atoms with Crippen LogP contribution < -0.4 is 9.47 Å². The molecule has 0 bridgehead atoms. The van der Waals surface area contributed by atoms with E-state index in [4.69, 9.17) is 9.47 Å². The molecule has 8 rings (SSSR count). The second-order valence-corrected chi connectivity index (χ2v) is 11.7. The first kappa shape index (κ1) is 24.0. The van der Waals surface area contributed by atoms with Crippen LogP contribution in [0.2, 0.25) is 0 Å². The number of benzene rings is 6. The van der Waals surface area contributed by atoms with E-state index in [1.807, 2.05) is 0 Å². The zero-order valence-electron chi connectivity index (χ0n) is 23.4. The Morgan fingerprint density at radius 2 is 1.41 bits per heavy atom. The van der Waals surface area contributed by atoms with Crippen molar-refractivity contribution in [1.29, 1.82) is 0 Å². The van der Waals surface area contributed by atoms with E-state index in [0.717, 1.165) is 33.6 Å². The van der Waals surface area contributed by atoms with E-state index in [0.29, 0.717) is 0 Å². The highest BCUT2D eigenvalue weighted by atomic mass is 16.5. The molecule has 0 amide bonds.